The number of hydrogen-bond donors (Lipinski definition) is 4. The number of amides is 2. The van der Waals surface area contributed by atoms with Crippen LogP contribution in [0.4, 0.5) is 13.2 Å². The molecule has 20 heteroatoms. The highest BCUT2D eigenvalue weighted by Crippen LogP contribution is 2.37. The molecule has 1 aliphatic heterocycles. The van der Waals surface area contributed by atoms with Crippen LogP contribution in [0.2, 0.25) is 10.0 Å². The Balaban J connectivity index is 0.000000940. The van der Waals surface area contributed by atoms with E-state index in [4.69, 9.17) is 49.3 Å². The molecular weight excluding hydrogens is 814 g/mol. The minimum absolute atomic E-state index is 0.0364. The molecule has 2 heterocycles. The van der Waals surface area contributed by atoms with E-state index >= 15 is 0 Å². The van der Waals surface area contributed by atoms with Gasteiger partial charge in [0.05, 0.1) is 5.02 Å². The van der Waals surface area contributed by atoms with E-state index in [0.29, 0.717) is 81.7 Å². The largest absolute Gasteiger partial charge is 0.490 e. The van der Waals surface area contributed by atoms with E-state index in [0.717, 1.165) is 35.9 Å². The fourth-order valence-electron chi connectivity index (χ4n) is 6.78. The fraction of sp³-hybridized carbons (Fsp3) is 0.486. The fourth-order valence-corrected chi connectivity index (χ4v) is 9.09. The molecule has 6 N–H and O–H groups in total. The second-order valence-electron chi connectivity index (χ2n) is 13.8. The number of hydrogen-bond acceptors (Lipinski definition) is 8. The van der Waals surface area contributed by atoms with Crippen molar-refractivity contribution in [1.82, 2.24) is 19.5 Å². The molecule has 2 aliphatic rings. The average molecular weight is 861 g/mol. The van der Waals surface area contributed by atoms with Crippen LogP contribution in [-0.2, 0) is 31.0 Å². The highest BCUT2D eigenvalue weighted by atomic mass is 35.5. The van der Waals surface area contributed by atoms with Gasteiger partial charge >= 0.3 is 12.1 Å². The third-order valence-electron chi connectivity index (χ3n) is 9.65. The Hall–Kier alpha value is -4.39. The number of alkyl halides is 3. The summed E-state index contributed by atoms with van der Waals surface area (Å²) in [4.78, 5) is 47.6. The van der Waals surface area contributed by atoms with Crippen LogP contribution in [-0.4, -0.2) is 96.5 Å². The molecule has 1 aromatic heterocycles. The number of ether oxygens (including phenoxy) is 1. The van der Waals surface area contributed by atoms with Gasteiger partial charge in [-0.05, 0) is 69.4 Å². The molecule has 5 rings (SSSR count). The van der Waals surface area contributed by atoms with Crippen LogP contribution in [0.5, 0.6) is 5.75 Å². The van der Waals surface area contributed by atoms with Crippen molar-refractivity contribution >= 4 is 67.9 Å². The number of unbranched alkanes of at least 4 members (excludes halogenated alkanes) is 2. The van der Waals surface area contributed by atoms with Gasteiger partial charge in [-0.25, -0.2) is 18.2 Å². The predicted molar refractivity (Wildman–Crippen MR) is 210 cm³/mol. The summed E-state index contributed by atoms with van der Waals surface area (Å²) in [5, 5.41) is 8.24. The van der Waals surface area contributed by atoms with Crippen LogP contribution in [0.25, 0.3) is 10.9 Å². The Morgan fingerprint density at radius 2 is 1.63 bits per heavy atom. The van der Waals surface area contributed by atoms with Gasteiger partial charge in [0.1, 0.15) is 28.3 Å². The number of pyridine rings is 1. The van der Waals surface area contributed by atoms with Gasteiger partial charge in [-0.3, -0.25) is 14.6 Å². The number of aromatic nitrogens is 1. The highest BCUT2D eigenvalue weighted by molar-refractivity contribution is 7.89. The Labute approximate surface area is 338 Å². The SMILES string of the molecule is Cc1cc(C)c2cccc(OCc3c(Cl)ccc(S(=O)(=O)NC4(C(=O)N5CCN(C(=O)CCCCCN=C(N)N)CC5)CCCC4)c3Cl)c2n1.O=C(O)C(F)(F)F. The van der Waals surface area contributed by atoms with Crippen LogP contribution in [0.3, 0.4) is 0 Å². The summed E-state index contributed by atoms with van der Waals surface area (Å²) in [6.45, 7) is 5.77. The van der Waals surface area contributed by atoms with Crippen molar-refractivity contribution in [3.05, 3.63) is 63.3 Å². The average Bonchev–Trinajstić information content (AvgIpc) is 3.61. The van der Waals surface area contributed by atoms with E-state index in [-0.39, 0.29) is 39.3 Å². The number of carbonyl (C=O) groups excluding carboxylic acids is 2. The molecule has 1 saturated heterocycles. The van der Waals surface area contributed by atoms with Crippen molar-refractivity contribution in [3.8, 4) is 5.75 Å². The number of piperazine rings is 1. The van der Waals surface area contributed by atoms with Crippen molar-refractivity contribution in [1.29, 1.82) is 0 Å². The summed E-state index contributed by atoms with van der Waals surface area (Å²) < 4.78 is 68.6. The molecular formula is C37H46Cl2F3N7O7S. The number of nitrogens with two attached hydrogens (primary N) is 2. The number of para-hydroxylation sites is 1. The van der Waals surface area contributed by atoms with Crippen molar-refractivity contribution in [2.75, 3.05) is 32.7 Å². The molecule has 0 unspecified atom stereocenters. The number of carboxylic acids is 1. The molecule has 14 nitrogen and oxygen atoms in total. The maximum absolute atomic E-state index is 14.0. The predicted octanol–water partition coefficient (Wildman–Crippen LogP) is 5.47. The summed E-state index contributed by atoms with van der Waals surface area (Å²) in [7, 11) is -4.27. The Morgan fingerprint density at radius 3 is 2.25 bits per heavy atom. The molecule has 0 radical (unpaired) electrons. The molecule has 3 aromatic rings. The first-order valence-electron chi connectivity index (χ1n) is 18.2. The standard InChI is InChI=1S/C35H45Cl2N7O5S.C2HF3O2/c1-23-21-24(2)41-32-25(23)9-8-10-28(32)49-22-26-27(36)12-13-29(31(26)37)50(47,48)42-35(14-5-6-15-35)33(46)44-19-17-43(18-20-44)30(45)11-4-3-7-16-40-34(38)39;3-2(4,5)1(6)7/h8-10,12-13,21,42H,3-7,11,14-20,22H2,1-2H3,(H4,38,39,40);(H,6,7). The van der Waals surface area contributed by atoms with E-state index in [1.54, 1.807) is 15.9 Å². The lowest BCUT2D eigenvalue weighted by molar-refractivity contribution is -0.192. The molecule has 312 valence electrons. The summed E-state index contributed by atoms with van der Waals surface area (Å²) in [5.74, 6) is -2.43. The van der Waals surface area contributed by atoms with E-state index in [1.807, 2.05) is 32.0 Å². The Morgan fingerprint density at radius 1 is 1.00 bits per heavy atom. The molecule has 2 amide bonds. The Bertz CT molecular complexity index is 2090. The molecule has 1 aliphatic carbocycles. The maximum atomic E-state index is 14.0. The molecule has 0 bridgehead atoms. The first-order chi connectivity index (χ1) is 26.8. The molecule has 57 heavy (non-hydrogen) atoms. The van der Waals surface area contributed by atoms with Gasteiger partial charge in [0.25, 0.3) is 0 Å². The summed E-state index contributed by atoms with van der Waals surface area (Å²) in [6, 6.07) is 10.4. The van der Waals surface area contributed by atoms with Crippen molar-refractivity contribution in [2.45, 2.75) is 88.4 Å². The van der Waals surface area contributed by atoms with Gasteiger partial charge in [-0.1, -0.05) is 54.6 Å². The first-order valence-corrected chi connectivity index (χ1v) is 20.4. The summed E-state index contributed by atoms with van der Waals surface area (Å²) >= 11 is 13.3. The highest BCUT2D eigenvalue weighted by Gasteiger charge is 2.47. The molecule has 0 atom stereocenters. The third kappa shape index (κ3) is 11.8. The third-order valence-corrected chi connectivity index (χ3v) is 12.1. The number of guanidine groups is 1. The molecule has 0 spiro atoms. The van der Waals surface area contributed by atoms with Gasteiger partial charge < -0.3 is 31.1 Å². The number of fused-ring (bicyclic) bond motifs is 1. The lowest BCUT2D eigenvalue weighted by atomic mass is 9.96. The van der Waals surface area contributed by atoms with Gasteiger partial charge in [-0.2, -0.15) is 17.9 Å². The monoisotopic (exact) mass is 859 g/mol. The second kappa shape index (κ2) is 19.4. The quantitative estimate of drug-likeness (QED) is 0.0968. The van der Waals surface area contributed by atoms with Gasteiger partial charge in [0, 0.05) is 60.8 Å². The number of carboxylic acid groups (broad SMARTS) is 1. The van der Waals surface area contributed by atoms with Gasteiger partial charge in [0.15, 0.2) is 5.96 Å². The number of aliphatic imine (C=N–C) groups is 1. The Kier molecular flexibility index (Phi) is 15.4. The van der Waals surface area contributed by atoms with E-state index in [1.165, 1.54) is 12.1 Å². The van der Waals surface area contributed by atoms with Crippen LogP contribution in [0, 0.1) is 13.8 Å². The second-order valence-corrected chi connectivity index (χ2v) is 16.3. The van der Waals surface area contributed by atoms with Crippen molar-refractivity contribution in [2.24, 2.45) is 16.5 Å². The lowest BCUT2D eigenvalue weighted by Crippen LogP contribution is -2.61. The number of nitrogens with one attached hydrogen (secondary N) is 1. The number of halogens is 5. The number of aliphatic carboxylic acids is 1. The lowest BCUT2D eigenvalue weighted by Gasteiger charge is -2.40. The van der Waals surface area contributed by atoms with Crippen LogP contribution < -0.4 is 20.9 Å². The number of nitrogens with zero attached hydrogens (tertiary/aromatic N) is 4. The summed E-state index contributed by atoms with van der Waals surface area (Å²) in [6.07, 6.45) is -0.212. The van der Waals surface area contributed by atoms with Crippen LogP contribution >= 0.6 is 23.2 Å². The maximum Gasteiger partial charge on any atom is 0.490 e. The molecule has 2 fully saturated rings. The smallest absolute Gasteiger partial charge is 0.487 e. The zero-order chi connectivity index (χ0) is 42.1. The number of sulfonamides is 1. The normalized spacial score (nSPS) is 15.5. The minimum atomic E-state index is -5.08. The molecule has 2 aromatic carbocycles. The topological polar surface area (TPSA) is 211 Å². The minimum Gasteiger partial charge on any atom is -0.487 e. The van der Waals surface area contributed by atoms with Gasteiger partial charge in [-0.15, -0.1) is 0 Å². The number of aryl methyl sites for hydroxylation is 2. The van der Waals surface area contributed by atoms with E-state index in [2.05, 4.69) is 14.7 Å². The van der Waals surface area contributed by atoms with Crippen LogP contribution in [0.1, 0.15) is 68.2 Å². The van der Waals surface area contributed by atoms with Crippen LogP contribution in [0.15, 0.2) is 46.3 Å². The van der Waals surface area contributed by atoms with E-state index < -0.39 is 27.7 Å². The van der Waals surface area contributed by atoms with Crippen molar-refractivity contribution in [3.63, 3.8) is 0 Å². The number of carbonyl (C=O) groups is 3. The zero-order valence-electron chi connectivity index (χ0n) is 31.5. The van der Waals surface area contributed by atoms with Crippen molar-refractivity contribution < 1.29 is 45.8 Å². The first kappa shape index (κ1) is 45.3. The van der Waals surface area contributed by atoms with E-state index in [9.17, 15) is 31.2 Å². The summed E-state index contributed by atoms with van der Waals surface area (Å²) in [5.41, 5.74) is 12.3. The molecule has 1 saturated carbocycles. The zero-order valence-corrected chi connectivity index (χ0v) is 33.8. The number of benzene rings is 2. The van der Waals surface area contributed by atoms with Gasteiger partial charge in [0.2, 0.25) is 21.8 Å². The number of rotatable bonds is 13.